The summed E-state index contributed by atoms with van der Waals surface area (Å²) >= 11 is 0. The molecule has 21 heavy (non-hydrogen) atoms. The van der Waals surface area contributed by atoms with Crippen LogP contribution in [0.25, 0.3) is 0 Å². The minimum atomic E-state index is -1.15. The first kappa shape index (κ1) is 13.0. The number of carbonyl (C=O) groups is 3. The number of nitrogens with one attached hydrogen (secondary N) is 1. The molecule has 2 heterocycles. The van der Waals surface area contributed by atoms with Crippen molar-refractivity contribution in [2.45, 2.75) is 13.0 Å². The van der Waals surface area contributed by atoms with E-state index in [1.807, 2.05) is 0 Å². The Bertz CT molecular complexity index is 754. The molecule has 1 aliphatic rings. The van der Waals surface area contributed by atoms with E-state index in [0.717, 1.165) is 4.90 Å². The fourth-order valence-electron chi connectivity index (χ4n) is 2.28. The van der Waals surface area contributed by atoms with Crippen molar-refractivity contribution in [1.29, 1.82) is 0 Å². The van der Waals surface area contributed by atoms with Crippen molar-refractivity contribution >= 4 is 17.8 Å². The third kappa shape index (κ3) is 1.88. The van der Waals surface area contributed by atoms with Gasteiger partial charge in [-0.25, -0.2) is 9.78 Å². The van der Waals surface area contributed by atoms with Crippen LogP contribution in [0.2, 0.25) is 0 Å². The molecule has 0 saturated heterocycles. The summed E-state index contributed by atoms with van der Waals surface area (Å²) in [5.74, 6) is -1.79. The maximum Gasteiger partial charge on any atom is 0.335 e. The highest BCUT2D eigenvalue weighted by Crippen LogP contribution is 2.30. The fourth-order valence-corrected chi connectivity index (χ4v) is 2.28. The topological polar surface area (TPSA) is 116 Å². The maximum absolute atomic E-state index is 12.4. The summed E-state index contributed by atoms with van der Waals surface area (Å²) in [7, 11) is 0. The van der Waals surface area contributed by atoms with Crippen molar-refractivity contribution in [3.8, 4) is 0 Å². The van der Waals surface area contributed by atoms with E-state index in [1.165, 1.54) is 24.5 Å². The van der Waals surface area contributed by atoms with Crippen LogP contribution in [0.3, 0.4) is 0 Å². The molecule has 1 aromatic carbocycles. The van der Waals surface area contributed by atoms with E-state index in [0.29, 0.717) is 5.82 Å². The van der Waals surface area contributed by atoms with Gasteiger partial charge in [0.25, 0.3) is 11.8 Å². The van der Waals surface area contributed by atoms with Gasteiger partial charge in [-0.2, -0.15) is 5.10 Å². The van der Waals surface area contributed by atoms with Crippen LogP contribution in [0.4, 0.5) is 0 Å². The van der Waals surface area contributed by atoms with Gasteiger partial charge < -0.3 is 5.11 Å². The van der Waals surface area contributed by atoms with E-state index in [2.05, 4.69) is 15.2 Å². The second-order valence-corrected chi connectivity index (χ2v) is 4.59. The molecule has 0 radical (unpaired) electrons. The van der Waals surface area contributed by atoms with Crippen molar-refractivity contribution in [1.82, 2.24) is 20.1 Å². The number of hydrogen-bond donors (Lipinski definition) is 2. The summed E-state index contributed by atoms with van der Waals surface area (Å²) in [5.41, 5.74) is 0.242. The summed E-state index contributed by atoms with van der Waals surface area (Å²) in [6.45, 7) is 1.64. The van der Waals surface area contributed by atoms with Crippen LogP contribution in [0.1, 0.15) is 49.9 Å². The van der Waals surface area contributed by atoms with Crippen LogP contribution >= 0.6 is 0 Å². The lowest BCUT2D eigenvalue weighted by Gasteiger charge is -2.19. The Morgan fingerprint density at radius 1 is 1.29 bits per heavy atom. The smallest absolute Gasteiger partial charge is 0.335 e. The summed E-state index contributed by atoms with van der Waals surface area (Å²) in [4.78, 5) is 40.6. The van der Waals surface area contributed by atoms with Crippen LogP contribution in [0.5, 0.6) is 0 Å². The number of amides is 2. The number of rotatable bonds is 3. The van der Waals surface area contributed by atoms with Crippen molar-refractivity contribution < 1.29 is 19.5 Å². The van der Waals surface area contributed by atoms with Crippen LogP contribution in [-0.2, 0) is 0 Å². The first-order valence-electron chi connectivity index (χ1n) is 6.11. The van der Waals surface area contributed by atoms with Gasteiger partial charge in [-0.15, -0.1) is 0 Å². The normalized spacial score (nSPS) is 15.2. The van der Waals surface area contributed by atoms with Crippen molar-refractivity contribution in [3.05, 3.63) is 47.0 Å². The standard InChI is InChI=1S/C13H10N4O4/c1-6(10-14-5-15-16-10)17-11(18)8-3-2-7(13(20)21)4-9(8)12(17)19/h2-6H,1H3,(H,20,21)(H,14,15,16). The number of aromatic nitrogens is 3. The summed E-state index contributed by atoms with van der Waals surface area (Å²) in [5, 5.41) is 15.3. The van der Waals surface area contributed by atoms with Gasteiger partial charge in [-0.1, -0.05) is 0 Å². The molecule has 0 aliphatic carbocycles. The highest BCUT2D eigenvalue weighted by molar-refractivity contribution is 6.22. The van der Waals surface area contributed by atoms with Gasteiger partial charge in [-0.3, -0.25) is 19.6 Å². The lowest BCUT2D eigenvalue weighted by molar-refractivity contribution is 0.0588. The number of aromatic amines is 1. The zero-order chi connectivity index (χ0) is 15.1. The van der Waals surface area contributed by atoms with Crippen LogP contribution in [-0.4, -0.2) is 43.0 Å². The highest BCUT2D eigenvalue weighted by atomic mass is 16.4. The van der Waals surface area contributed by atoms with E-state index in [-0.39, 0.29) is 16.7 Å². The van der Waals surface area contributed by atoms with Gasteiger partial charge in [0, 0.05) is 0 Å². The summed E-state index contributed by atoms with van der Waals surface area (Å²) in [6, 6.07) is 3.25. The van der Waals surface area contributed by atoms with Gasteiger partial charge in [0.2, 0.25) is 0 Å². The van der Waals surface area contributed by atoms with Crippen molar-refractivity contribution in [2.75, 3.05) is 0 Å². The summed E-state index contributed by atoms with van der Waals surface area (Å²) < 4.78 is 0. The molecule has 8 nitrogen and oxygen atoms in total. The molecule has 2 N–H and O–H groups in total. The van der Waals surface area contributed by atoms with Crippen LogP contribution in [0, 0.1) is 0 Å². The lowest BCUT2D eigenvalue weighted by atomic mass is 10.1. The Morgan fingerprint density at radius 3 is 2.62 bits per heavy atom. The number of imide groups is 1. The van der Waals surface area contributed by atoms with Crippen LogP contribution < -0.4 is 0 Å². The Hall–Kier alpha value is -3.03. The number of carboxylic acids is 1. The molecule has 1 aliphatic heterocycles. The molecule has 0 saturated carbocycles. The minimum absolute atomic E-state index is 0.0379. The molecule has 0 bridgehead atoms. The number of nitrogens with zero attached hydrogens (tertiary/aromatic N) is 3. The van der Waals surface area contributed by atoms with Crippen LogP contribution in [0.15, 0.2) is 24.5 Å². The Morgan fingerprint density at radius 2 is 2.00 bits per heavy atom. The number of hydrogen-bond acceptors (Lipinski definition) is 5. The van der Waals surface area contributed by atoms with Crippen molar-refractivity contribution in [3.63, 3.8) is 0 Å². The fraction of sp³-hybridized carbons (Fsp3) is 0.154. The van der Waals surface area contributed by atoms with Crippen molar-refractivity contribution in [2.24, 2.45) is 0 Å². The second-order valence-electron chi connectivity index (χ2n) is 4.59. The summed E-state index contributed by atoms with van der Waals surface area (Å²) in [6.07, 6.45) is 1.28. The predicted octanol–water partition coefficient (Wildman–Crippen LogP) is 0.860. The zero-order valence-electron chi connectivity index (χ0n) is 10.9. The number of benzene rings is 1. The predicted molar refractivity (Wildman–Crippen MR) is 68.7 cm³/mol. The zero-order valence-corrected chi connectivity index (χ0v) is 10.9. The van der Waals surface area contributed by atoms with Gasteiger partial charge in [0.05, 0.1) is 22.7 Å². The molecular formula is C13H10N4O4. The third-order valence-electron chi connectivity index (χ3n) is 3.38. The highest BCUT2D eigenvalue weighted by Gasteiger charge is 2.40. The molecule has 2 amide bonds. The first-order valence-corrected chi connectivity index (χ1v) is 6.11. The lowest BCUT2D eigenvalue weighted by Crippen LogP contribution is -2.33. The number of H-pyrrole nitrogens is 1. The second kappa shape index (κ2) is 4.51. The molecule has 3 rings (SSSR count). The number of carbonyl (C=O) groups excluding carboxylic acids is 2. The molecular weight excluding hydrogens is 276 g/mol. The van der Waals surface area contributed by atoms with E-state index in [4.69, 9.17) is 5.11 Å². The minimum Gasteiger partial charge on any atom is -0.478 e. The van der Waals surface area contributed by atoms with E-state index in [9.17, 15) is 14.4 Å². The monoisotopic (exact) mass is 286 g/mol. The number of carboxylic acid groups (broad SMARTS) is 1. The van der Waals surface area contributed by atoms with E-state index in [1.54, 1.807) is 6.92 Å². The maximum atomic E-state index is 12.4. The molecule has 0 fully saturated rings. The molecule has 1 aromatic heterocycles. The number of fused-ring (bicyclic) bond motifs is 1. The Balaban J connectivity index is 2.02. The largest absolute Gasteiger partial charge is 0.478 e. The van der Waals surface area contributed by atoms with Gasteiger partial charge in [-0.05, 0) is 25.1 Å². The molecule has 1 atom stereocenters. The SMILES string of the molecule is CC(c1ncn[nH]1)N1C(=O)c2ccc(C(=O)O)cc2C1=O. The Kier molecular flexibility index (Phi) is 2.79. The van der Waals surface area contributed by atoms with Gasteiger partial charge in [0.1, 0.15) is 12.2 Å². The van der Waals surface area contributed by atoms with E-state index < -0.39 is 23.8 Å². The molecule has 106 valence electrons. The quantitative estimate of drug-likeness (QED) is 0.808. The van der Waals surface area contributed by atoms with Gasteiger partial charge in [0.15, 0.2) is 0 Å². The molecule has 0 spiro atoms. The third-order valence-corrected chi connectivity index (χ3v) is 3.38. The van der Waals surface area contributed by atoms with Gasteiger partial charge >= 0.3 is 5.97 Å². The molecule has 2 aromatic rings. The average Bonchev–Trinajstić information content (AvgIpc) is 3.07. The molecule has 1 unspecified atom stereocenters. The number of aromatic carboxylic acids is 1. The van der Waals surface area contributed by atoms with E-state index >= 15 is 0 Å². The first-order chi connectivity index (χ1) is 10.0. The average molecular weight is 286 g/mol. The molecule has 8 heteroatoms. The Labute approximate surface area is 118 Å².